The molecule has 0 saturated heterocycles. The van der Waals surface area contributed by atoms with E-state index in [-0.39, 0.29) is 6.10 Å². The predicted molar refractivity (Wildman–Crippen MR) is 70.0 cm³/mol. The van der Waals surface area contributed by atoms with Crippen molar-refractivity contribution in [3.8, 4) is 0 Å². The van der Waals surface area contributed by atoms with Crippen LogP contribution in [0.3, 0.4) is 0 Å². The van der Waals surface area contributed by atoms with Gasteiger partial charge < -0.3 is 9.47 Å². The van der Waals surface area contributed by atoms with Crippen LogP contribution in [0.2, 0.25) is 0 Å². The SMILES string of the molecule is CC(C)[C@@H]1CC[C@@H](C)C[C@H]1O[C@H]1OC(=O)C=C1Cl. The van der Waals surface area contributed by atoms with Gasteiger partial charge in [0.2, 0.25) is 6.29 Å². The van der Waals surface area contributed by atoms with Gasteiger partial charge in [0, 0.05) is 6.08 Å². The fourth-order valence-electron chi connectivity index (χ4n) is 2.90. The Morgan fingerprint density at radius 1 is 1.44 bits per heavy atom. The lowest BCUT2D eigenvalue weighted by molar-refractivity contribution is -0.179. The molecular formula is C14H21ClO3. The maximum Gasteiger partial charge on any atom is 0.334 e. The summed E-state index contributed by atoms with van der Waals surface area (Å²) in [4.78, 5) is 11.1. The molecule has 0 aromatic heterocycles. The van der Waals surface area contributed by atoms with Crippen molar-refractivity contribution in [3.63, 3.8) is 0 Å². The van der Waals surface area contributed by atoms with Crippen molar-refractivity contribution < 1.29 is 14.3 Å². The van der Waals surface area contributed by atoms with Gasteiger partial charge in [0.25, 0.3) is 0 Å². The van der Waals surface area contributed by atoms with Crippen molar-refractivity contribution in [1.82, 2.24) is 0 Å². The molecule has 1 aliphatic carbocycles. The smallest absolute Gasteiger partial charge is 0.334 e. The lowest BCUT2D eigenvalue weighted by atomic mass is 9.75. The van der Waals surface area contributed by atoms with E-state index in [1.165, 1.54) is 18.9 Å². The molecule has 1 aliphatic heterocycles. The van der Waals surface area contributed by atoms with E-state index >= 15 is 0 Å². The summed E-state index contributed by atoms with van der Waals surface area (Å²) in [5, 5.41) is 0.362. The topological polar surface area (TPSA) is 35.5 Å². The number of carbonyl (C=O) groups excluding carboxylic acids is 1. The first-order valence-electron chi connectivity index (χ1n) is 6.70. The summed E-state index contributed by atoms with van der Waals surface area (Å²) in [6.45, 7) is 6.68. The summed E-state index contributed by atoms with van der Waals surface area (Å²) < 4.78 is 11.0. The monoisotopic (exact) mass is 272 g/mol. The Labute approximate surface area is 113 Å². The van der Waals surface area contributed by atoms with Crippen LogP contribution >= 0.6 is 11.6 Å². The van der Waals surface area contributed by atoms with Gasteiger partial charge in [-0.2, -0.15) is 0 Å². The van der Waals surface area contributed by atoms with Gasteiger partial charge in [-0.05, 0) is 30.6 Å². The number of cyclic esters (lactones) is 1. The highest BCUT2D eigenvalue weighted by molar-refractivity contribution is 6.32. The van der Waals surface area contributed by atoms with Crippen molar-refractivity contribution in [2.75, 3.05) is 0 Å². The molecule has 0 aromatic carbocycles. The lowest BCUT2D eigenvalue weighted by Crippen LogP contribution is -2.37. The fourth-order valence-corrected chi connectivity index (χ4v) is 3.08. The molecule has 1 heterocycles. The van der Waals surface area contributed by atoms with Gasteiger partial charge >= 0.3 is 5.97 Å². The average Bonchev–Trinajstić information content (AvgIpc) is 2.57. The highest BCUT2D eigenvalue weighted by Gasteiger charge is 2.36. The third-order valence-electron chi connectivity index (χ3n) is 3.96. The first-order valence-corrected chi connectivity index (χ1v) is 7.08. The molecule has 0 unspecified atom stereocenters. The predicted octanol–water partition coefficient (Wildman–Crippen LogP) is 3.47. The second kappa shape index (κ2) is 5.62. The zero-order valence-corrected chi connectivity index (χ0v) is 11.9. The maximum absolute atomic E-state index is 11.1. The fraction of sp³-hybridized carbons (Fsp3) is 0.786. The molecule has 4 atom stereocenters. The first kappa shape index (κ1) is 13.9. The molecule has 0 radical (unpaired) electrons. The van der Waals surface area contributed by atoms with Crippen LogP contribution in [0.1, 0.15) is 40.0 Å². The van der Waals surface area contributed by atoms with E-state index in [0.717, 1.165) is 6.42 Å². The second-order valence-electron chi connectivity index (χ2n) is 5.80. The molecular weight excluding hydrogens is 252 g/mol. The van der Waals surface area contributed by atoms with E-state index in [1.54, 1.807) is 0 Å². The molecule has 1 fully saturated rings. The van der Waals surface area contributed by atoms with Crippen LogP contribution in [0.25, 0.3) is 0 Å². The molecule has 102 valence electrons. The second-order valence-corrected chi connectivity index (χ2v) is 6.24. The van der Waals surface area contributed by atoms with Crippen molar-refractivity contribution >= 4 is 17.6 Å². The Morgan fingerprint density at radius 3 is 2.72 bits per heavy atom. The normalized spacial score (nSPS) is 36.7. The number of hydrogen-bond donors (Lipinski definition) is 0. The van der Waals surface area contributed by atoms with Gasteiger partial charge in [-0.3, -0.25) is 0 Å². The summed E-state index contributed by atoms with van der Waals surface area (Å²) in [5.41, 5.74) is 0. The Bertz CT molecular complexity index is 351. The van der Waals surface area contributed by atoms with Crippen LogP contribution in [0.5, 0.6) is 0 Å². The molecule has 0 spiro atoms. The number of rotatable bonds is 3. The molecule has 0 amide bonds. The largest absolute Gasteiger partial charge is 0.427 e. The summed E-state index contributed by atoms with van der Waals surface area (Å²) in [5.74, 6) is 1.34. The molecule has 1 saturated carbocycles. The van der Waals surface area contributed by atoms with E-state index in [9.17, 15) is 4.79 Å². The van der Waals surface area contributed by atoms with Crippen molar-refractivity contribution in [1.29, 1.82) is 0 Å². The van der Waals surface area contributed by atoms with E-state index in [4.69, 9.17) is 21.1 Å². The molecule has 4 heteroatoms. The summed E-state index contributed by atoms with van der Waals surface area (Å²) in [6, 6.07) is 0. The van der Waals surface area contributed by atoms with Crippen LogP contribution < -0.4 is 0 Å². The highest BCUT2D eigenvalue weighted by atomic mass is 35.5. The van der Waals surface area contributed by atoms with Gasteiger partial charge in [-0.25, -0.2) is 4.79 Å². The lowest BCUT2D eigenvalue weighted by Gasteiger charge is -2.38. The van der Waals surface area contributed by atoms with E-state index in [0.29, 0.717) is 22.8 Å². The summed E-state index contributed by atoms with van der Waals surface area (Å²) in [7, 11) is 0. The summed E-state index contributed by atoms with van der Waals surface area (Å²) in [6.07, 6.45) is 4.18. The van der Waals surface area contributed by atoms with Gasteiger partial charge in [0.1, 0.15) is 0 Å². The minimum absolute atomic E-state index is 0.131. The number of esters is 1. The zero-order chi connectivity index (χ0) is 13.3. The Balaban J connectivity index is 2.01. The van der Waals surface area contributed by atoms with E-state index < -0.39 is 12.3 Å². The minimum Gasteiger partial charge on any atom is -0.427 e. The number of carbonyl (C=O) groups is 1. The van der Waals surface area contributed by atoms with Gasteiger partial charge in [0.15, 0.2) is 0 Å². The Hall–Kier alpha value is -0.540. The molecule has 2 aliphatic rings. The van der Waals surface area contributed by atoms with E-state index in [1.807, 2.05) is 0 Å². The quantitative estimate of drug-likeness (QED) is 0.738. The minimum atomic E-state index is -0.685. The van der Waals surface area contributed by atoms with Gasteiger partial charge in [-0.15, -0.1) is 0 Å². The molecule has 0 bridgehead atoms. The average molecular weight is 273 g/mol. The van der Waals surface area contributed by atoms with Crippen molar-refractivity contribution in [3.05, 3.63) is 11.1 Å². The number of ether oxygens (including phenoxy) is 2. The third-order valence-corrected chi connectivity index (χ3v) is 4.25. The van der Waals surface area contributed by atoms with Crippen molar-refractivity contribution in [2.24, 2.45) is 17.8 Å². The molecule has 3 nitrogen and oxygen atoms in total. The Morgan fingerprint density at radius 2 is 2.17 bits per heavy atom. The maximum atomic E-state index is 11.1. The van der Waals surface area contributed by atoms with Crippen molar-refractivity contribution in [2.45, 2.75) is 52.4 Å². The van der Waals surface area contributed by atoms with Crippen LogP contribution in [-0.2, 0) is 14.3 Å². The van der Waals surface area contributed by atoms with Crippen LogP contribution in [0.4, 0.5) is 0 Å². The summed E-state index contributed by atoms with van der Waals surface area (Å²) >= 11 is 5.95. The molecule has 0 aromatic rings. The number of hydrogen-bond acceptors (Lipinski definition) is 3. The van der Waals surface area contributed by atoms with Crippen LogP contribution in [0, 0.1) is 17.8 Å². The van der Waals surface area contributed by atoms with Crippen LogP contribution in [0.15, 0.2) is 11.1 Å². The molecule has 0 N–H and O–H groups in total. The highest BCUT2D eigenvalue weighted by Crippen LogP contribution is 2.37. The zero-order valence-electron chi connectivity index (χ0n) is 11.2. The third kappa shape index (κ3) is 3.07. The Kier molecular flexibility index (Phi) is 4.33. The molecule has 18 heavy (non-hydrogen) atoms. The van der Waals surface area contributed by atoms with Gasteiger partial charge in [0.05, 0.1) is 11.1 Å². The number of halogens is 1. The first-order chi connectivity index (χ1) is 8.47. The van der Waals surface area contributed by atoms with Crippen LogP contribution in [-0.4, -0.2) is 18.4 Å². The van der Waals surface area contributed by atoms with Gasteiger partial charge in [-0.1, -0.05) is 38.8 Å². The standard InChI is InChI=1S/C14H21ClO3/c1-8(2)10-5-4-9(3)6-12(10)17-14-11(15)7-13(16)18-14/h7-10,12,14H,4-6H2,1-3H3/t9-,10+,12-,14+/m1/s1. The molecule has 2 rings (SSSR count). The van der Waals surface area contributed by atoms with E-state index in [2.05, 4.69) is 20.8 Å².